The highest BCUT2D eigenvalue weighted by Gasteiger charge is 2.15. The lowest BCUT2D eigenvalue weighted by atomic mass is 10.2. The predicted molar refractivity (Wildman–Crippen MR) is 114 cm³/mol. The van der Waals surface area contributed by atoms with Crippen LogP contribution in [-0.4, -0.2) is 14.5 Å². The zero-order valence-electron chi connectivity index (χ0n) is 14.6. The molecule has 6 heteroatoms. The number of para-hydroxylation sites is 1. The van der Waals surface area contributed by atoms with Crippen molar-refractivity contribution in [3.8, 4) is 5.82 Å². The van der Waals surface area contributed by atoms with Crippen LogP contribution in [0.2, 0.25) is 0 Å². The molecular weight excluding hydrogens is 422 g/mol. The Hall–Kier alpha value is -2.44. The third-order valence-electron chi connectivity index (χ3n) is 4.22. The molecule has 0 atom stereocenters. The van der Waals surface area contributed by atoms with Crippen LogP contribution in [-0.2, 0) is 5.75 Å². The fourth-order valence-corrected chi connectivity index (χ4v) is 4.05. The van der Waals surface area contributed by atoms with Gasteiger partial charge in [-0.1, -0.05) is 58.0 Å². The van der Waals surface area contributed by atoms with Crippen LogP contribution in [0.15, 0.2) is 81.3 Å². The molecule has 0 aliphatic heterocycles. The number of aryl methyl sites for hydroxylation is 1. The minimum Gasteiger partial charge on any atom is -0.268 e. The van der Waals surface area contributed by atoms with Gasteiger partial charge < -0.3 is 0 Å². The summed E-state index contributed by atoms with van der Waals surface area (Å²) in [6.45, 7) is 1.95. The highest BCUT2D eigenvalue weighted by atomic mass is 79.9. The van der Waals surface area contributed by atoms with Gasteiger partial charge in [-0.3, -0.25) is 4.79 Å². The molecule has 2 heterocycles. The molecule has 4 aromatic rings. The fourth-order valence-electron chi connectivity index (χ4n) is 2.84. The van der Waals surface area contributed by atoms with E-state index >= 15 is 0 Å². The van der Waals surface area contributed by atoms with Gasteiger partial charge in [0.2, 0.25) is 0 Å². The van der Waals surface area contributed by atoms with Gasteiger partial charge in [0, 0.05) is 16.4 Å². The second kappa shape index (κ2) is 7.66. The highest BCUT2D eigenvalue weighted by molar-refractivity contribution is 9.10. The van der Waals surface area contributed by atoms with Gasteiger partial charge >= 0.3 is 0 Å². The molecular formula is C21H16BrN3OS. The molecule has 0 fully saturated rings. The Morgan fingerprint density at radius 3 is 2.59 bits per heavy atom. The average Bonchev–Trinajstić information content (AvgIpc) is 2.69. The lowest BCUT2D eigenvalue weighted by Crippen LogP contribution is -2.23. The van der Waals surface area contributed by atoms with Crippen molar-refractivity contribution in [2.75, 3.05) is 0 Å². The smallest absolute Gasteiger partial charge is 0.267 e. The molecule has 2 aromatic heterocycles. The van der Waals surface area contributed by atoms with E-state index in [9.17, 15) is 4.79 Å². The molecule has 0 saturated carbocycles. The Balaban J connectivity index is 1.85. The summed E-state index contributed by atoms with van der Waals surface area (Å²) >= 11 is 4.99. The van der Waals surface area contributed by atoms with Crippen LogP contribution < -0.4 is 5.56 Å². The number of aromatic nitrogens is 3. The number of pyridine rings is 1. The summed E-state index contributed by atoms with van der Waals surface area (Å²) < 4.78 is 2.67. The maximum Gasteiger partial charge on any atom is 0.267 e. The predicted octanol–water partition coefficient (Wildman–Crippen LogP) is 5.14. The first-order valence-corrected chi connectivity index (χ1v) is 10.2. The molecule has 0 bridgehead atoms. The normalized spacial score (nSPS) is 11.0. The van der Waals surface area contributed by atoms with Crippen LogP contribution in [0.5, 0.6) is 0 Å². The first-order valence-electron chi connectivity index (χ1n) is 8.44. The van der Waals surface area contributed by atoms with Gasteiger partial charge in [-0.25, -0.2) is 14.5 Å². The van der Waals surface area contributed by atoms with E-state index in [-0.39, 0.29) is 5.56 Å². The molecule has 4 rings (SSSR count). The van der Waals surface area contributed by atoms with E-state index in [4.69, 9.17) is 4.98 Å². The summed E-state index contributed by atoms with van der Waals surface area (Å²) in [7, 11) is 0. The van der Waals surface area contributed by atoms with E-state index in [1.165, 1.54) is 11.8 Å². The number of nitrogens with zero attached hydrogens (tertiary/aromatic N) is 3. The minimum absolute atomic E-state index is 0.0966. The van der Waals surface area contributed by atoms with E-state index in [0.717, 1.165) is 15.6 Å². The van der Waals surface area contributed by atoms with Crippen LogP contribution in [0.25, 0.3) is 16.7 Å². The molecule has 0 N–H and O–H groups in total. The quantitative estimate of drug-likeness (QED) is 0.327. The SMILES string of the molecule is Cc1cccnc1-n1c(SCc2ccc(Br)cc2)nc2ccccc2c1=O. The van der Waals surface area contributed by atoms with Crippen LogP contribution in [0, 0.1) is 6.92 Å². The molecule has 2 aromatic carbocycles. The van der Waals surface area contributed by atoms with Gasteiger partial charge in [-0.05, 0) is 48.4 Å². The van der Waals surface area contributed by atoms with Crippen LogP contribution in [0.4, 0.5) is 0 Å². The molecule has 0 saturated heterocycles. The summed E-state index contributed by atoms with van der Waals surface area (Å²) in [4.78, 5) is 22.4. The Morgan fingerprint density at radius 1 is 1.04 bits per heavy atom. The zero-order chi connectivity index (χ0) is 18.8. The summed E-state index contributed by atoms with van der Waals surface area (Å²) in [5, 5.41) is 1.24. The van der Waals surface area contributed by atoms with Gasteiger partial charge in [0.25, 0.3) is 5.56 Å². The van der Waals surface area contributed by atoms with Crippen molar-refractivity contribution in [1.82, 2.24) is 14.5 Å². The maximum atomic E-state index is 13.2. The van der Waals surface area contributed by atoms with Crippen molar-refractivity contribution < 1.29 is 0 Å². The van der Waals surface area contributed by atoms with Crippen LogP contribution in [0.3, 0.4) is 0 Å². The van der Waals surface area contributed by atoms with Crippen LogP contribution in [0.1, 0.15) is 11.1 Å². The molecule has 0 radical (unpaired) electrons. The van der Waals surface area contributed by atoms with Crippen molar-refractivity contribution in [2.24, 2.45) is 0 Å². The van der Waals surface area contributed by atoms with Gasteiger partial charge in [-0.2, -0.15) is 0 Å². The number of hydrogen-bond donors (Lipinski definition) is 0. The highest BCUT2D eigenvalue weighted by Crippen LogP contribution is 2.25. The summed E-state index contributed by atoms with van der Waals surface area (Å²) in [6.07, 6.45) is 1.70. The van der Waals surface area contributed by atoms with Gasteiger partial charge in [0.1, 0.15) is 5.82 Å². The number of fused-ring (bicyclic) bond motifs is 1. The third-order valence-corrected chi connectivity index (χ3v) is 5.76. The van der Waals surface area contributed by atoms with Gasteiger partial charge in [-0.15, -0.1) is 0 Å². The molecule has 0 unspecified atom stereocenters. The standard InChI is InChI=1S/C21H16BrN3OS/c1-14-5-4-12-23-19(14)25-20(26)17-6-2-3-7-18(17)24-21(25)27-13-15-8-10-16(22)11-9-15/h2-12H,13H2,1H3. The number of benzene rings is 2. The van der Waals surface area contributed by atoms with Gasteiger partial charge in [0.15, 0.2) is 5.16 Å². The van der Waals surface area contributed by atoms with E-state index in [1.54, 1.807) is 10.8 Å². The lowest BCUT2D eigenvalue weighted by molar-refractivity contribution is 0.789. The van der Waals surface area contributed by atoms with Crippen molar-refractivity contribution >= 4 is 38.6 Å². The minimum atomic E-state index is -0.0966. The van der Waals surface area contributed by atoms with Crippen molar-refractivity contribution in [1.29, 1.82) is 0 Å². The largest absolute Gasteiger partial charge is 0.268 e. The Labute approximate surface area is 169 Å². The molecule has 0 spiro atoms. The van der Waals surface area contributed by atoms with Crippen molar-refractivity contribution in [3.63, 3.8) is 0 Å². The molecule has 27 heavy (non-hydrogen) atoms. The lowest BCUT2D eigenvalue weighted by Gasteiger charge is -2.14. The summed E-state index contributed by atoms with van der Waals surface area (Å²) in [6, 6.07) is 19.4. The molecule has 4 nitrogen and oxygen atoms in total. The zero-order valence-corrected chi connectivity index (χ0v) is 17.0. The fraction of sp³-hybridized carbons (Fsp3) is 0.0952. The summed E-state index contributed by atoms with van der Waals surface area (Å²) in [5.74, 6) is 1.34. The Morgan fingerprint density at radius 2 is 1.81 bits per heavy atom. The number of halogens is 1. The summed E-state index contributed by atoms with van der Waals surface area (Å²) in [5.41, 5.74) is 2.70. The molecule has 0 aliphatic carbocycles. The van der Waals surface area contributed by atoms with Crippen molar-refractivity contribution in [2.45, 2.75) is 17.8 Å². The van der Waals surface area contributed by atoms with Crippen LogP contribution >= 0.6 is 27.7 Å². The number of rotatable bonds is 4. The van der Waals surface area contributed by atoms with Crippen molar-refractivity contribution in [3.05, 3.63) is 92.8 Å². The van der Waals surface area contributed by atoms with E-state index in [2.05, 4.69) is 33.0 Å². The van der Waals surface area contributed by atoms with Gasteiger partial charge in [0.05, 0.1) is 10.9 Å². The Kier molecular flexibility index (Phi) is 5.09. The first kappa shape index (κ1) is 17.9. The van der Waals surface area contributed by atoms with E-state index in [1.807, 2.05) is 55.5 Å². The monoisotopic (exact) mass is 437 g/mol. The Bertz CT molecular complexity index is 1170. The average molecular weight is 438 g/mol. The number of hydrogen-bond acceptors (Lipinski definition) is 4. The third kappa shape index (κ3) is 3.68. The molecule has 0 aliphatic rings. The molecule has 134 valence electrons. The second-order valence-electron chi connectivity index (χ2n) is 6.11. The second-order valence-corrected chi connectivity index (χ2v) is 7.97. The topological polar surface area (TPSA) is 47.8 Å². The van der Waals surface area contributed by atoms with E-state index in [0.29, 0.717) is 27.6 Å². The first-order chi connectivity index (χ1) is 13.1. The number of thioether (sulfide) groups is 1. The maximum absolute atomic E-state index is 13.2. The molecule has 0 amide bonds. The van der Waals surface area contributed by atoms with E-state index < -0.39 is 0 Å².